The fraction of sp³-hybridized carbons (Fsp3) is 0.391. The zero-order chi connectivity index (χ0) is 22.2. The molecule has 1 heterocycles. The largest absolute Gasteiger partial charge is 0.497 e. The molecule has 1 aliphatic rings. The second-order valence-electron chi connectivity index (χ2n) is 6.91. The van der Waals surface area contributed by atoms with Crippen molar-refractivity contribution in [2.75, 3.05) is 45.4 Å². The summed E-state index contributed by atoms with van der Waals surface area (Å²) < 4.78 is 16.2. The summed E-state index contributed by atoms with van der Waals surface area (Å²) in [7, 11) is 3.46. The summed E-state index contributed by atoms with van der Waals surface area (Å²) >= 11 is 1.56. The molecule has 2 aromatic rings. The molecule has 2 aromatic carbocycles. The molecule has 0 fully saturated rings. The fourth-order valence-corrected chi connectivity index (χ4v) is 4.73. The number of nitrogens with zero attached hydrogens (tertiary/aromatic N) is 1. The van der Waals surface area contributed by atoms with Crippen molar-refractivity contribution in [1.29, 1.82) is 0 Å². The lowest BCUT2D eigenvalue weighted by atomic mass is 10.1. The van der Waals surface area contributed by atoms with Crippen molar-refractivity contribution in [3.63, 3.8) is 0 Å². The van der Waals surface area contributed by atoms with Gasteiger partial charge in [0.2, 0.25) is 0 Å². The normalized spacial score (nSPS) is 18.3. The predicted octanol–water partition coefficient (Wildman–Crippen LogP) is 3.04. The number of hydrogen-bond acceptors (Lipinski definition) is 7. The van der Waals surface area contributed by atoms with Crippen LogP contribution in [0.25, 0.3) is 0 Å². The predicted molar refractivity (Wildman–Crippen MR) is 121 cm³/mol. The van der Waals surface area contributed by atoms with Crippen LogP contribution in [0.1, 0.15) is 17.7 Å². The van der Waals surface area contributed by atoms with Crippen molar-refractivity contribution in [2.45, 2.75) is 23.2 Å². The van der Waals surface area contributed by atoms with Gasteiger partial charge in [0.1, 0.15) is 12.4 Å². The lowest BCUT2D eigenvalue weighted by Crippen LogP contribution is -2.45. The summed E-state index contributed by atoms with van der Waals surface area (Å²) in [6.07, 6.45) is -0.855. The fourth-order valence-electron chi connectivity index (χ4n) is 3.39. The third kappa shape index (κ3) is 5.58. The molecule has 3 rings (SSSR count). The number of rotatable bonds is 9. The monoisotopic (exact) mass is 444 g/mol. The summed E-state index contributed by atoms with van der Waals surface area (Å²) in [6, 6.07) is 15.4. The van der Waals surface area contributed by atoms with Crippen LogP contribution in [0.5, 0.6) is 5.75 Å². The SMILES string of the molecule is CCOC(=O)CO[C@H]1C(=O)N(CCNC)c2ccccc2S[C@H]1c1ccc(OC)cc1. The molecule has 166 valence electrons. The molecular weight excluding hydrogens is 416 g/mol. The van der Waals surface area contributed by atoms with Gasteiger partial charge in [0.25, 0.3) is 5.91 Å². The van der Waals surface area contributed by atoms with Crippen LogP contribution in [-0.4, -0.2) is 58.4 Å². The van der Waals surface area contributed by atoms with Crippen LogP contribution in [0, 0.1) is 0 Å². The molecule has 0 saturated carbocycles. The summed E-state index contributed by atoms with van der Waals surface area (Å²) in [5, 5.41) is 2.76. The number of hydrogen-bond donors (Lipinski definition) is 1. The van der Waals surface area contributed by atoms with Gasteiger partial charge in [-0.15, -0.1) is 11.8 Å². The Bertz CT molecular complexity index is 890. The molecule has 8 heteroatoms. The number of ether oxygens (including phenoxy) is 3. The van der Waals surface area contributed by atoms with E-state index in [1.807, 2.05) is 55.6 Å². The number of fused-ring (bicyclic) bond motifs is 1. The molecule has 31 heavy (non-hydrogen) atoms. The van der Waals surface area contributed by atoms with Crippen LogP contribution in [0.2, 0.25) is 0 Å². The average molecular weight is 445 g/mol. The van der Waals surface area contributed by atoms with Gasteiger partial charge in [-0.2, -0.15) is 0 Å². The van der Waals surface area contributed by atoms with Gasteiger partial charge < -0.3 is 24.4 Å². The highest BCUT2D eigenvalue weighted by atomic mass is 32.2. The number of nitrogens with one attached hydrogen (secondary N) is 1. The first-order valence-corrected chi connectivity index (χ1v) is 11.1. The zero-order valence-corrected chi connectivity index (χ0v) is 18.8. The first-order chi connectivity index (χ1) is 15.1. The van der Waals surface area contributed by atoms with Crippen LogP contribution in [0.4, 0.5) is 5.69 Å². The summed E-state index contributed by atoms with van der Waals surface area (Å²) in [6.45, 7) is 2.83. The van der Waals surface area contributed by atoms with E-state index in [0.29, 0.717) is 13.1 Å². The van der Waals surface area contributed by atoms with E-state index in [-0.39, 0.29) is 24.4 Å². The maximum atomic E-state index is 13.7. The maximum absolute atomic E-state index is 13.7. The number of methoxy groups -OCH3 is 1. The zero-order valence-electron chi connectivity index (χ0n) is 18.0. The number of thioether (sulfide) groups is 1. The summed E-state index contributed by atoms with van der Waals surface area (Å²) in [5.74, 6) is 0.0591. The van der Waals surface area contributed by atoms with E-state index in [1.165, 1.54) is 0 Å². The first-order valence-electron chi connectivity index (χ1n) is 10.2. The van der Waals surface area contributed by atoms with E-state index in [0.717, 1.165) is 21.9 Å². The van der Waals surface area contributed by atoms with E-state index < -0.39 is 12.1 Å². The minimum atomic E-state index is -0.855. The Morgan fingerprint density at radius 1 is 1.16 bits per heavy atom. The smallest absolute Gasteiger partial charge is 0.332 e. The van der Waals surface area contributed by atoms with Gasteiger partial charge in [0, 0.05) is 18.0 Å². The van der Waals surface area contributed by atoms with Gasteiger partial charge in [-0.05, 0) is 43.8 Å². The molecule has 1 aliphatic heterocycles. The Kier molecular flexibility index (Phi) is 8.34. The molecule has 0 spiro atoms. The van der Waals surface area contributed by atoms with Crippen LogP contribution >= 0.6 is 11.8 Å². The van der Waals surface area contributed by atoms with E-state index in [2.05, 4.69) is 5.32 Å². The van der Waals surface area contributed by atoms with Crippen molar-refractivity contribution in [2.24, 2.45) is 0 Å². The van der Waals surface area contributed by atoms with Gasteiger partial charge in [0.05, 0.1) is 24.7 Å². The standard InChI is InChI=1S/C23H28N2O5S/c1-4-29-20(26)15-30-21-22(16-9-11-17(28-3)12-10-16)31-19-8-6-5-7-18(19)25(23(21)27)14-13-24-2/h5-12,21-22,24H,4,13-15H2,1-3H3/t21-,22+/m1/s1. The van der Waals surface area contributed by atoms with Crippen molar-refractivity contribution < 1.29 is 23.8 Å². The third-order valence-corrected chi connectivity index (χ3v) is 6.28. The number of para-hydroxylation sites is 1. The number of anilines is 1. The van der Waals surface area contributed by atoms with Crippen molar-refractivity contribution in [1.82, 2.24) is 5.32 Å². The Hall–Kier alpha value is -2.55. The van der Waals surface area contributed by atoms with Crippen LogP contribution in [0.3, 0.4) is 0 Å². The van der Waals surface area contributed by atoms with Gasteiger partial charge in [0.15, 0.2) is 6.10 Å². The molecule has 0 aliphatic carbocycles. The molecule has 7 nitrogen and oxygen atoms in total. The highest BCUT2D eigenvalue weighted by Gasteiger charge is 2.39. The number of amides is 1. The lowest BCUT2D eigenvalue weighted by Gasteiger charge is -2.28. The third-order valence-electron chi connectivity index (χ3n) is 4.91. The minimum Gasteiger partial charge on any atom is -0.497 e. The van der Waals surface area contributed by atoms with Gasteiger partial charge >= 0.3 is 5.97 Å². The Balaban J connectivity index is 2.00. The minimum absolute atomic E-state index is 0.183. The Morgan fingerprint density at radius 2 is 1.90 bits per heavy atom. The molecule has 0 unspecified atom stereocenters. The number of likely N-dealkylation sites (N-methyl/N-ethyl adjacent to an activating group) is 1. The first kappa shape index (κ1) is 23.1. The summed E-state index contributed by atoms with van der Waals surface area (Å²) in [5.41, 5.74) is 1.76. The topological polar surface area (TPSA) is 77.1 Å². The van der Waals surface area contributed by atoms with Gasteiger partial charge in [-0.3, -0.25) is 4.79 Å². The average Bonchev–Trinajstić information content (AvgIpc) is 2.90. The van der Waals surface area contributed by atoms with E-state index in [1.54, 1.807) is 30.7 Å². The number of benzene rings is 2. The van der Waals surface area contributed by atoms with E-state index in [9.17, 15) is 9.59 Å². The van der Waals surface area contributed by atoms with Crippen molar-refractivity contribution in [3.05, 3.63) is 54.1 Å². The van der Waals surface area contributed by atoms with Gasteiger partial charge in [-0.1, -0.05) is 24.3 Å². The van der Waals surface area contributed by atoms with E-state index in [4.69, 9.17) is 14.2 Å². The Labute approximate surface area is 187 Å². The van der Waals surface area contributed by atoms with Crippen LogP contribution in [0.15, 0.2) is 53.4 Å². The lowest BCUT2D eigenvalue weighted by molar-refractivity contribution is -0.152. The highest BCUT2D eigenvalue weighted by molar-refractivity contribution is 7.99. The second-order valence-corrected chi connectivity index (χ2v) is 8.09. The van der Waals surface area contributed by atoms with E-state index >= 15 is 0 Å². The Morgan fingerprint density at radius 3 is 2.58 bits per heavy atom. The molecule has 1 N–H and O–H groups in total. The molecule has 0 bridgehead atoms. The van der Waals surface area contributed by atoms with Crippen LogP contribution < -0.4 is 15.0 Å². The maximum Gasteiger partial charge on any atom is 0.332 e. The second kappa shape index (κ2) is 11.2. The van der Waals surface area contributed by atoms with Crippen molar-refractivity contribution in [3.8, 4) is 5.75 Å². The number of carbonyl (C=O) groups is 2. The van der Waals surface area contributed by atoms with Crippen LogP contribution in [-0.2, 0) is 19.1 Å². The number of esters is 1. The molecule has 2 atom stereocenters. The molecule has 0 radical (unpaired) electrons. The quantitative estimate of drug-likeness (QED) is 0.596. The van der Waals surface area contributed by atoms with Crippen molar-refractivity contribution >= 4 is 29.3 Å². The molecule has 0 saturated heterocycles. The highest BCUT2D eigenvalue weighted by Crippen LogP contribution is 2.46. The molecular formula is C23H28N2O5S. The molecule has 0 aromatic heterocycles. The molecule has 1 amide bonds. The summed E-state index contributed by atoms with van der Waals surface area (Å²) in [4.78, 5) is 28.4. The number of carbonyl (C=O) groups excluding carboxylic acids is 2. The van der Waals surface area contributed by atoms with Gasteiger partial charge in [-0.25, -0.2) is 4.79 Å².